The lowest BCUT2D eigenvalue weighted by Gasteiger charge is -2.50. The van der Waals surface area contributed by atoms with Crippen LogP contribution in [0, 0.1) is 17.8 Å². The van der Waals surface area contributed by atoms with Gasteiger partial charge in [0, 0.05) is 12.1 Å². The molecule has 0 heterocycles. The molecule has 0 aliphatic heterocycles. The Labute approximate surface area is 113 Å². The van der Waals surface area contributed by atoms with Gasteiger partial charge in [0.1, 0.15) is 0 Å². The van der Waals surface area contributed by atoms with Gasteiger partial charge in [-0.05, 0) is 56.5 Å². The van der Waals surface area contributed by atoms with Gasteiger partial charge in [-0.1, -0.05) is 33.6 Å². The molecule has 0 radical (unpaired) electrons. The SMILES string of the molecule is CCN(C1CC(C(C)C)C1)C1CCCCC1CN. The molecule has 0 bridgehead atoms. The van der Waals surface area contributed by atoms with Crippen LogP contribution in [-0.4, -0.2) is 30.1 Å². The molecule has 2 fully saturated rings. The second-order valence-corrected chi connectivity index (χ2v) is 6.81. The zero-order valence-electron chi connectivity index (χ0n) is 12.6. The largest absolute Gasteiger partial charge is 0.330 e. The van der Waals surface area contributed by atoms with Gasteiger partial charge in [-0.2, -0.15) is 0 Å². The first kappa shape index (κ1) is 14.3. The summed E-state index contributed by atoms with van der Waals surface area (Å²) in [4.78, 5) is 2.80. The Bertz CT molecular complexity index is 245. The van der Waals surface area contributed by atoms with Crippen molar-refractivity contribution in [2.45, 2.75) is 71.4 Å². The minimum Gasteiger partial charge on any atom is -0.330 e. The Kier molecular flexibility index (Phi) is 5.08. The van der Waals surface area contributed by atoms with Gasteiger partial charge < -0.3 is 5.73 Å². The summed E-state index contributed by atoms with van der Waals surface area (Å²) in [6.07, 6.45) is 8.42. The quantitative estimate of drug-likeness (QED) is 0.814. The fraction of sp³-hybridized carbons (Fsp3) is 1.00. The van der Waals surface area contributed by atoms with Crippen LogP contribution in [0.4, 0.5) is 0 Å². The second-order valence-electron chi connectivity index (χ2n) is 6.81. The predicted molar refractivity (Wildman–Crippen MR) is 78.5 cm³/mol. The normalized spacial score (nSPS) is 37.0. The van der Waals surface area contributed by atoms with Gasteiger partial charge in [0.2, 0.25) is 0 Å². The zero-order chi connectivity index (χ0) is 13.1. The van der Waals surface area contributed by atoms with Gasteiger partial charge in [0.15, 0.2) is 0 Å². The number of hydrogen-bond donors (Lipinski definition) is 1. The summed E-state index contributed by atoms with van der Waals surface area (Å²) in [5.74, 6) is 2.61. The van der Waals surface area contributed by atoms with Gasteiger partial charge in [0.25, 0.3) is 0 Å². The smallest absolute Gasteiger partial charge is 0.0138 e. The molecule has 0 amide bonds. The molecule has 0 saturated heterocycles. The lowest BCUT2D eigenvalue weighted by molar-refractivity contribution is -0.00260. The van der Waals surface area contributed by atoms with E-state index in [1.54, 1.807) is 0 Å². The monoisotopic (exact) mass is 252 g/mol. The van der Waals surface area contributed by atoms with Gasteiger partial charge in [0.05, 0.1) is 0 Å². The van der Waals surface area contributed by atoms with E-state index in [0.717, 1.165) is 36.4 Å². The van der Waals surface area contributed by atoms with Crippen LogP contribution in [0.1, 0.15) is 59.3 Å². The van der Waals surface area contributed by atoms with E-state index < -0.39 is 0 Å². The highest BCUT2D eigenvalue weighted by molar-refractivity contribution is 4.94. The molecule has 2 unspecified atom stereocenters. The summed E-state index contributed by atoms with van der Waals surface area (Å²) < 4.78 is 0. The standard InChI is InChI=1S/C16H32N2/c1-4-18(15-9-14(10-15)12(2)3)16-8-6-5-7-13(16)11-17/h12-16H,4-11,17H2,1-3H3. The van der Waals surface area contributed by atoms with Crippen LogP contribution in [0.2, 0.25) is 0 Å². The molecule has 2 aliphatic carbocycles. The molecule has 2 atom stereocenters. The molecule has 0 aromatic carbocycles. The average molecular weight is 252 g/mol. The van der Waals surface area contributed by atoms with Crippen LogP contribution in [-0.2, 0) is 0 Å². The van der Waals surface area contributed by atoms with Crippen molar-refractivity contribution in [3.8, 4) is 0 Å². The van der Waals surface area contributed by atoms with Crippen molar-refractivity contribution in [2.24, 2.45) is 23.5 Å². The highest BCUT2D eigenvalue weighted by Crippen LogP contribution is 2.40. The first-order valence-corrected chi connectivity index (χ1v) is 8.13. The first-order chi connectivity index (χ1) is 8.67. The lowest BCUT2D eigenvalue weighted by Crippen LogP contribution is -2.54. The van der Waals surface area contributed by atoms with Crippen LogP contribution in [0.15, 0.2) is 0 Å². The second kappa shape index (κ2) is 6.38. The summed E-state index contributed by atoms with van der Waals surface area (Å²) in [6.45, 7) is 9.20. The van der Waals surface area contributed by atoms with E-state index in [4.69, 9.17) is 5.73 Å². The van der Waals surface area contributed by atoms with Crippen LogP contribution in [0.25, 0.3) is 0 Å². The molecule has 2 aliphatic rings. The van der Waals surface area contributed by atoms with E-state index in [1.165, 1.54) is 45.1 Å². The van der Waals surface area contributed by atoms with E-state index in [1.807, 2.05) is 0 Å². The molecule has 0 spiro atoms. The highest BCUT2D eigenvalue weighted by atomic mass is 15.2. The minimum absolute atomic E-state index is 0.761. The van der Waals surface area contributed by atoms with E-state index in [9.17, 15) is 0 Å². The average Bonchev–Trinajstić information content (AvgIpc) is 2.32. The Morgan fingerprint density at radius 3 is 2.39 bits per heavy atom. The molecule has 106 valence electrons. The third-order valence-corrected chi connectivity index (χ3v) is 5.52. The molecule has 0 aromatic rings. The molecule has 2 rings (SSSR count). The van der Waals surface area contributed by atoms with E-state index >= 15 is 0 Å². The summed E-state index contributed by atoms with van der Waals surface area (Å²) in [5, 5.41) is 0. The van der Waals surface area contributed by atoms with Crippen LogP contribution < -0.4 is 5.73 Å². The van der Waals surface area contributed by atoms with Crippen molar-refractivity contribution in [2.75, 3.05) is 13.1 Å². The van der Waals surface area contributed by atoms with Crippen molar-refractivity contribution in [3.05, 3.63) is 0 Å². The molecule has 2 heteroatoms. The van der Waals surface area contributed by atoms with E-state index in [2.05, 4.69) is 25.7 Å². The number of nitrogens with zero attached hydrogens (tertiary/aromatic N) is 1. The summed E-state index contributed by atoms with van der Waals surface area (Å²) in [5.41, 5.74) is 5.99. The fourth-order valence-electron chi connectivity index (χ4n) is 4.11. The van der Waals surface area contributed by atoms with Crippen molar-refractivity contribution in [1.82, 2.24) is 4.90 Å². The molecule has 2 N–H and O–H groups in total. The fourth-order valence-corrected chi connectivity index (χ4v) is 4.11. The van der Waals surface area contributed by atoms with Gasteiger partial charge >= 0.3 is 0 Å². The number of nitrogens with two attached hydrogens (primary N) is 1. The Hall–Kier alpha value is -0.0800. The van der Waals surface area contributed by atoms with Crippen molar-refractivity contribution in [1.29, 1.82) is 0 Å². The van der Waals surface area contributed by atoms with Gasteiger partial charge in [-0.25, -0.2) is 0 Å². The maximum absolute atomic E-state index is 5.99. The number of hydrogen-bond acceptors (Lipinski definition) is 2. The van der Waals surface area contributed by atoms with Crippen molar-refractivity contribution >= 4 is 0 Å². The first-order valence-electron chi connectivity index (χ1n) is 8.13. The lowest BCUT2D eigenvalue weighted by atomic mass is 9.71. The molecule has 18 heavy (non-hydrogen) atoms. The van der Waals surface area contributed by atoms with E-state index in [-0.39, 0.29) is 0 Å². The maximum Gasteiger partial charge on any atom is 0.0138 e. The third kappa shape index (κ3) is 2.91. The molecular formula is C16H32N2. The van der Waals surface area contributed by atoms with Crippen molar-refractivity contribution in [3.63, 3.8) is 0 Å². The van der Waals surface area contributed by atoms with Gasteiger partial charge in [-0.15, -0.1) is 0 Å². The molecule has 2 saturated carbocycles. The minimum atomic E-state index is 0.761. The molecular weight excluding hydrogens is 220 g/mol. The topological polar surface area (TPSA) is 29.3 Å². The summed E-state index contributed by atoms with van der Waals surface area (Å²) >= 11 is 0. The van der Waals surface area contributed by atoms with Crippen LogP contribution in [0.5, 0.6) is 0 Å². The summed E-state index contributed by atoms with van der Waals surface area (Å²) in [6, 6.07) is 1.64. The predicted octanol–water partition coefficient (Wildman–Crippen LogP) is 3.26. The van der Waals surface area contributed by atoms with Crippen LogP contribution >= 0.6 is 0 Å². The van der Waals surface area contributed by atoms with E-state index in [0.29, 0.717) is 0 Å². The molecule has 0 aromatic heterocycles. The van der Waals surface area contributed by atoms with Crippen molar-refractivity contribution < 1.29 is 0 Å². The Morgan fingerprint density at radius 1 is 1.17 bits per heavy atom. The Morgan fingerprint density at radius 2 is 1.83 bits per heavy atom. The van der Waals surface area contributed by atoms with Crippen LogP contribution in [0.3, 0.4) is 0 Å². The molecule has 2 nitrogen and oxygen atoms in total. The zero-order valence-corrected chi connectivity index (χ0v) is 12.6. The third-order valence-electron chi connectivity index (χ3n) is 5.52. The Balaban J connectivity index is 1.92. The number of rotatable bonds is 5. The summed E-state index contributed by atoms with van der Waals surface area (Å²) in [7, 11) is 0. The van der Waals surface area contributed by atoms with Gasteiger partial charge in [-0.3, -0.25) is 4.90 Å². The maximum atomic E-state index is 5.99. The highest BCUT2D eigenvalue weighted by Gasteiger charge is 2.39.